The molecular weight excluding hydrogens is 378 g/mol. The molecular formula is C24H31N3O3. The molecule has 2 amide bonds. The van der Waals surface area contributed by atoms with Gasteiger partial charge in [0.15, 0.2) is 0 Å². The molecule has 1 saturated heterocycles. The molecule has 2 aliphatic rings. The second kappa shape index (κ2) is 8.64. The van der Waals surface area contributed by atoms with E-state index in [-0.39, 0.29) is 23.9 Å². The summed E-state index contributed by atoms with van der Waals surface area (Å²) in [6.45, 7) is 8.50. The topological polar surface area (TPSA) is 63.6 Å². The van der Waals surface area contributed by atoms with Crippen molar-refractivity contribution in [2.24, 2.45) is 0 Å². The van der Waals surface area contributed by atoms with Crippen molar-refractivity contribution < 1.29 is 14.3 Å². The number of aromatic nitrogens is 1. The van der Waals surface area contributed by atoms with Gasteiger partial charge in [-0.05, 0) is 44.7 Å². The molecule has 1 N–H and O–H groups in total. The molecule has 3 heterocycles. The molecule has 4 rings (SSSR count). The number of fused-ring (bicyclic) bond motifs is 1. The molecule has 6 heteroatoms. The predicted octanol–water partition coefficient (Wildman–Crippen LogP) is 3.83. The highest BCUT2D eigenvalue weighted by atomic mass is 16.5. The maximum Gasteiger partial charge on any atom is 0.270 e. The molecule has 0 radical (unpaired) electrons. The first-order valence-corrected chi connectivity index (χ1v) is 11.0. The summed E-state index contributed by atoms with van der Waals surface area (Å²) >= 11 is 0. The Bertz CT molecular complexity index is 932. The lowest BCUT2D eigenvalue weighted by atomic mass is 10.0. The van der Waals surface area contributed by atoms with E-state index in [1.807, 2.05) is 9.47 Å². The number of amides is 2. The molecule has 6 nitrogen and oxygen atoms in total. The summed E-state index contributed by atoms with van der Waals surface area (Å²) in [7, 11) is 0. The third-order valence-corrected chi connectivity index (χ3v) is 6.38. The fraction of sp³-hybridized carbons (Fsp3) is 0.500. The van der Waals surface area contributed by atoms with E-state index in [1.54, 1.807) is 6.07 Å². The number of benzene rings is 1. The van der Waals surface area contributed by atoms with Crippen LogP contribution < -0.4 is 5.32 Å². The SMILES string of the molecule is CC[C@@H](NC(=O)c1cc(C(=O)N2CCCC2C)n2c1COCC2)c1ccc(C)cc1. The van der Waals surface area contributed by atoms with Gasteiger partial charge in [0.1, 0.15) is 5.69 Å². The lowest BCUT2D eigenvalue weighted by molar-refractivity contribution is 0.0683. The summed E-state index contributed by atoms with van der Waals surface area (Å²) in [6, 6.07) is 10.2. The first-order valence-electron chi connectivity index (χ1n) is 11.0. The van der Waals surface area contributed by atoms with Crippen LogP contribution in [0.5, 0.6) is 0 Å². The Morgan fingerprint density at radius 3 is 2.67 bits per heavy atom. The van der Waals surface area contributed by atoms with E-state index in [0.29, 0.717) is 31.0 Å². The van der Waals surface area contributed by atoms with Gasteiger partial charge in [0, 0.05) is 19.1 Å². The summed E-state index contributed by atoms with van der Waals surface area (Å²) in [5.41, 5.74) is 4.24. The Balaban J connectivity index is 1.61. The normalized spacial score (nSPS) is 19.4. The monoisotopic (exact) mass is 409 g/mol. The molecule has 1 aromatic heterocycles. The van der Waals surface area contributed by atoms with Crippen molar-refractivity contribution in [2.45, 2.75) is 65.3 Å². The molecule has 0 saturated carbocycles. The number of nitrogens with zero attached hydrogens (tertiary/aromatic N) is 2. The molecule has 2 atom stereocenters. The average Bonchev–Trinajstić information content (AvgIpc) is 3.36. The van der Waals surface area contributed by atoms with Crippen LogP contribution in [0.1, 0.15) is 76.8 Å². The second-order valence-electron chi connectivity index (χ2n) is 8.43. The fourth-order valence-corrected chi connectivity index (χ4v) is 4.54. The van der Waals surface area contributed by atoms with Gasteiger partial charge in [0.2, 0.25) is 0 Å². The Kier molecular flexibility index (Phi) is 5.95. The number of ether oxygens (including phenoxy) is 1. The van der Waals surface area contributed by atoms with E-state index >= 15 is 0 Å². The minimum Gasteiger partial charge on any atom is -0.373 e. The van der Waals surface area contributed by atoms with Crippen molar-refractivity contribution in [3.63, 3.8) is 0 Å². The van der Waals surface area contributed by atoms with Crippen molar-refractivity contribution in [2.75, 3.05) is 13.2 Å². The lowest BCUT2D eigenvalue weighted by Gasteiger charge is -2.24. The van der Waals surface area contributed by atoms with Crippen LogP contribution in [-0.2, 0) is 17.9 Å². The van der Waals surface area contributed by atoms with Gasteiger partial charge in [-0.2, -0.15) is 0 Å². The van der Waals surface area contributed by atoms with Crippen LogP contribution in [0, 0.1) is 6.92 Å². The summed E-state index contributed by atoms with van der Waals surface area (Å²) in [5, 5.41) is 3.17. The van der Waals surface area contributed by atoms with E-state index in [2.05, 4.69) is 50.4 Å². The zero-order chi connectivity index (χ0) is 21.3. The molecule has 1 unspecified atom stereocenters. The standard InChI is InChI=1S/C24H31N3O3/c1-4-20(18-9-7-16(2)8-10-18)25-23(28)19-14-21(27-12-13-30-15-22(19)27)24(29)26-11-5-6-17(26)3/h7-10,14,17,20H,4-6,11-13,15H2,1-3H3,(H,25,28)/t17?,20-/m1/s1. The number of hydrogen-bond donors (Lipinski definition) is 1. The van der Waals surface area contributed by atoms with Crippen molar-refractivity contribution in [3.05, 3.63) is 58.4 Å². The third-order valence-electron chi connectivity index (χ3n) is 6.38. The number of aryl methyl sites for hydroxylation is 1. The zero-order valence-electron chi connectivity index (χ0n) is 18.1. The van der Waals surface area contributed by atoms with Crippen LogP contribution in [0.2, 0.25) is 0 Å². The minimum absolute atomic E-state index is 0.0211. The smallest absolute Gasteiger partial charge is 0.270 e. The first-order chi connectivity index (χ1) is 14.5. The van der Waals surface area contributed by atoms with Gasteiger partial charge in [-0.25, -0.2) is 0 Å². The summed E-state index contributed by atoms with van der Waals surface area (Å²) in [5.74, 6) is -0.127. The van der Waals surface area contributed by atoms with Gasteiger partial charge in [0.25, 0.3) is 11.8 Å². The molecule has 160 valence electrons. The third kappa shape index (κ3) is 3.88. The van der Waals surface area contributed by atoms with Crippen molar-refractivity contribution in [3.8, 4) is 0 Å². The summed E-state index contributed by atoms with van der Waals surface area (Å²) in [4.78, 5) is 28.4. The molecule has 0 bridgehead atoms. The van der Waals surface area contributed by atoms with E-state index in [4.69, 9.17) is 4.74 Å². The number of rotatable bonds is 5. The highest BCUT2D eigenvalue weighted by Gasteiger charge is 2.32. The zero-order valence-corrected chi connectivity index (χ0v) is 18.1. The van der Waals surface area contributed by atoms with Crippen LogP contribution in [0.3, 0.4) is 0 Å². The Hall–Kier alpha value is -2.60. The maximum atomic E-state index is 13.2. The highest BCUT2D eigenvalue weighted by molar-refractivity contribution is 6.01. The first kappa shape index (κ1) is 20.7. The second-order valence-corrected chi connectivity index (χ2v) is 8.43. The highest BCUT2D eigenvalue weighted by Crippen LogP contribution is 2.26. The van der Waals surface area contributed by atoms with Gasteiger partial charge in [-0.1, -0.05) is 36.8 Å². The molecule has 0 spiro atoms. The van der Waals surface area contributed by atoms with Crippen LogP contribution >= 0.6 is 0 Å². The minimum atomic E-state index is -0.148. The lowest BCUT2D eigenvalue weighted by Crippen LogP contribution is -2.35. The Labute approximate surface area is 178 Å². The van der Waals surface area contributed by atoms with E-state index in [0.717, 1.165) is 37.1 Å². The number of carbonyl (C=O) groups excluding carboxylic acids is 2. The van der Waals surface area contributed by atoms with Gasteiger partial charge in [-0.15, -0.1) is 0 Å². The quantitative estimate of drug-likeness (QED) is 0.816. The van der Waals surface area contributed by atoms with Gasteiger partial charge in [0.05, 0.1) is 30.5 Å². The van der Waals surface area contributed by atoms with Crippen LogP contribution in [0.4, 0.5) is 0 Å². The maximum absolute atomic E-state index is 13.2. The van der Waals surface area contributed by atoms with E-state index in [9.17, 15) is 9.59 Å². The van der Waals surface area contributed by atoms with Crippen LogP contribution in [0.25, 0.3) is 0 Å². The molecule has 1 aromatic carbocycles. The number of nitrogens with one attached hydrogen (secondary N) is 1. The van der Waals surface area contributed by atoms with Crippen molar-refractivity contribution in [1.82, 2.24) is 14.8 Å². The molecule has 1 fully saturated rings. The largest absolute Gasteiger partial charge is 0.373 e. The van der Waals surface area contributed by atoms with Crippen LogP contribution in [-0.4, -0.2) is 40.5 Å². The Morgan fingerprint density at radius 2 is 2.00 bits per heavy atom. The van der Waals surface area contributed by atoms with E-state index < -0.39 is 0 Å². The summed E-state index contributed by atoms with van der Waals surface area (Å²) in [6.07, 6.45) is 2.86. The van der Waals surface area contributed by atoms with Crippen molar-refractivity contribution in [1.29, 1.82) is 0 Å². The number of hydrogen-bond acceptors (Lipinski definition) is 3. The van der Waals surface area contributed by atoms with E-state index in [1.165, 1.54) is 5.56 Å². The molecule has 30 heavy (non-hydrogen) atoms. The molecule has 0 aliphatic carbocycles. The fourth-order valence-electron chi connectivity index (χ4n) is 4.54. The van der Waals surface area contributed by atoms with Crippen molar-refractivity contribution >= 4 is 11.8 Å². The van der Waals surface area contributed by atoms with Crippen LogP contribution in [0.15, 0.2) is 30.3 Å². The Morgan fingerprint density at radius 1 is 1.23 bits per heavy atom. The van der Waals surface area contributed by atoms with Gasteiger partial charge < -0.3 is 19.5 Å². The van der Waals surface area contributed by atoms with Gasteiger partial charge >= 0.3 is 0 Å². The number of likely N-dealkylation sites (tertiary alicyclic amines) is 1. The predicted molar refractivity (Wildman–Crippen MR) is 115 cm³/mol. The molecule has 2 aromatic rings. The van der Waals surface area contributed by atoms with Gasteiger partial charge in [-0.3, -0.25) is 9.59 Å². The summed E-state index contributed by atoms with van der Waals surface area (Å²) < 4.78 is 7.61. The average molecular weight is 410 g/mol. The number of carbonyl (C=O) groups is 2. The molecule has 2 aliphatic heterocycles.